The summed E-state index contributed by atoms with van der Waals surface area (Å²) in [5.41, 5.74) is 5.84. The van der Waals surface area contributed by atoms with E-state index in [-0.39, 0.29) is 24.2 Å². The van der Waals surface area contributed by atoms with E-state index in [9.17, 15) is 34.2 Å². The van der Waals surface area contributed by atoms with Crippen LogP contribution in [0.25, 0.3) is 11.1 Å². The molecule has 2 unspecified atom stereocenters. The minimum absolute atomic E-state index is 0.0119. The molecule has 2 aromatic rings. The number of phenolic OH excluding ortho intramolecular Hbond substituents is 1. The van der Waals surface area contributed by atoms with E-state index in [0.717, 1.165) is 16.7 Å². The molecular formula is C30H33N3O7. The smallest absolute Gasteiger partial charge is 0.235 e. The van der Waals surface area contributed by atoms with Gasteiger partial charge in [-0.1, -0.05) is 24.3 Å². The predicted molar refractivity (Wildman–Crippen MR) is 144 cm³/mol. The van der Waals surface area contributed by atoms with Crippen LogP contribution in [0.15, 0.2) is 36.4 Å². The fourth-order valence-corrected chi connectivity index (χ4v) is 7.08. The second kappa shape index (κ2) is 9.72. The maximum atomic E-state index is 13.9. The summed E-state index contributed by atoms with van der Waals surface area (Å²) in [6, 6.07) is 9.86. The maximum absolute atomic E-state index is 13.9. The van der Waals surface area contributed by atoms with Crippen LogP contribution in [-0.2, 0) is 32.1 Å². The maximum Gasteiger partial charge on any atom is 0.235 e. The van der Waals surface area contributed by atoms with Crippen LogP contribution in [0, 0.1) is 23.7 Å². The molecule has 4 N–H and O–H groups in total. The highest BCUT2D eigenvalue weighted by atomic mass is 16.3. The Morgan fingerprint density at radius 2 is 1.75 bits per heavy atom. The number of benzene rings is 2. The molecule has 1 amide bonds. The van der Waals surface area contributed by atoms with Crippen LogP contribution in [0.1, 0.15) is 27.9 Å². The number of hydrogen-bond donors (Lipinski definition) is 3. The predicted octanol–water partition coefficient (Wildman–Crippen LogP) is 0.596. The zero-order chi connectivity index (χ0) is 29.3. The Morgan fingerprint density at radius 1 is 1.05 bits per heavy atom. The van der Waals surface area contributed by atoms with Gasteiger partial charge in [0.15, 0.2) is 34.7 Å². The number of aliphatic hydroxyl groups is 1. The van der Waals surface area contributed by atoms with Crippen molar-refractivity contribution in [3.05, 3.63) is 53.1 Å². The van der Waals surface area contributed by atoms with Crippen molar-refractivity contribution in [2.45, 2.75) is 31.0 Å². The van der Waals surface area contributed by atoms with Gasteiger partial charge in [-0.25, -0.2) is 0 Å². The molecule has 6 atom stereocenters. The van der Waals surface area contributed by atoms with Crippen LogP contribution < -0.4 is 5.73 Å². The molecule has 0 bridgehead atoms. The number of phenols is 1. The highest BCUT2D eigenvalue weighted by Gasteiger charge is 2.69. The van der Waals surface area contributed by atoms with Crippen LogP contribution in [0.4, 0.5) is 0 Å². The molecule has 10 heteroatoms. The number of nitrogens with zero attached hydrogens (tertiary/aromatic N) is 2. The second-order valence-corrected chi connectivity index (χ2v) is 11.7. The molecular weight excluding hydrogens is 514 g/mol. The Kier molecular flexibility index (Phi) is 6.76. The lowest BCUT2D eigenvalue weighted by Crippen LogP contribution is -2.74. The number of fused-ring (bicyclic) bond motifs is 3. The summed E-state index contributed by atoms with van der Waals surface area (Å²) < 4.78 is 0. The monoisotopic (exact) mass is 547 g/mol. The van der Waals surface area contributed by atoms with Gasteiger partial charge in [-0.2, -0.15) is 0 Å². The summed E-state index contributed by atoms with van der Waals surface area (Å²) >= 11 is 0. The minimum atomic E-state index is -2.73. The van der Waals surface area contributed by atoms with Gasteiger partial charge in [-0.05, 0) is 81.3 Å². The SMILES string of the molecule is CN(C)Cc1cccc(-c2ccc(O)c3c2C[C@H]2C[C@H]4[C@@H](N(C)C)C(=O)C(C(N)=O)C(=O)[C@@]4(O)C(=O)C2C3=O)c1. The minimum Gasteiger partial charge on any atom is -0.507 e. The number of nitrogens with two attached hydrogens (primary N) is 1. The van der Waals surface area contributed by atoms with E-state index in [0.29, 0.717) is 12.1 Å². The quantitative estimate of drug-likeness (QED) is 0.456. The van der Waals surface area contributed by atoms with Crippen molar-refractivity contribution in [3.8, 4) is 16.9 Å². The number of hydrogen-bond acceptors (Lipinski definition) is 9. The first-order valence-corrected chi connectivity index (χ1v) is 13.2. The van der Waals surface area contributed by atoms with Crippen molar-refractivity contribution in [2.75, 3.05) is 28.2 Å². The summed E-state index contributed by atoms with van der Waals surface area (Å²) in [5.74, 6) is -10.5. The molecule has 210 valence electrons. The Morgan fingerprint density at radius 3 is 2.38 bits per heavy atom. The van der Waals surface area contributed by atoms with Crippen LogP contribution in [0.2, 0.25) is 0 Å². The summed E-state index contributed by atoms with van der Waals surface area (Å²) in [6.45, 7) is 0.701. The lowest BCUT2D eigenvalue weighted by molar-refractivity contribution is -0.181. The molecule has 40 heavy (non-hydrogen) atoms. The highest BCUT2D eigenvalue weighted by molar-refractivity contribution is 6.32. The number of likely N-dealkylation sites (N-methyl/N-ethyl adjacent to an activating group) is 1. The molecule has 3 aliphatic carbocycles. The third-order valence-corrected chi connectivity index (χ3v) is 8.68. The zero-order valence-corrected chi connectivity index (χ0v) is 22.9. The summed E-state index contributed by atoms with van der Waals surface area (Å²) in [6.07, 6.45) is 0.229. The topological polar surface area (TPSA) is 158 Å². The van der Waals surface area contributed by atoms with Crippen LogP contribution in [-0.4, -0.2) is 88.9 Å². The van der Waals surface area contributed by atoms with Crippen LogP contribution >= 0.6 is 0 Å². The fraction of sp³-hybridized carbons (Fsp3) is 0.433. The first kappa shape index (κ1) is 27.8. The van der Waals surface area contributed by atoms with Crippen molar-refractivity contribution < 1.29 is 34.2 Å². The van der Waals surface area contributed by atoms with E-state index >= 15 is 0 Å². The van der Waals surface area contributed by atoms with Gasteiger partial charge in [-0.15, -0.1) is 0 Å². The van der Waals surface area contributed by atoms with E-state index in [4.69, 9.17) is 5.73 Å². The van der Waals surface area contributed by atoms with E-state index in [1.807, 2.05) is 43.3 Å². The Balaban J connectivity index is 1.63. The lowest BCUT2D eigenvalue weighted by Gasteiger charge is -2.52. The zero-order valence-electron chi connectivity index (χ0n) is 22.9. The third-order valence-electron chi connectivity index (χ3n) is 8.68. The van der Waals surface area contributed by atoms with E-state index in [1.54, 1.807) is 20.2 Å². The van der Waals surface area contributed by atoms with Crippen molar-refractivity contribution in [1.82, 2.24) is 9.80 Å². The average Bonchev–Trinajstić information content (AvgIpc) is 2.85. The Bertz CT molecular complexity index is 1470. The standard InChI is InChI=1S/C30H33N3O7/c1-32(2)13-14-6-5-7-15(10-14)17-8-9-20(34)22-18(17)11-16-12-19-24(33(3)4)26(36)23(29(31)39)28(38)30(19,40)27(37)21(16)25(22)35/h5-10,16,19,21,23-24,34,40H,11-13H2,1-4H3,(H2,31,39)/t16-,19-,21?,23?,24+,30-/m0/s1. The molecule has 5 rings (SSSR count). The Hall–Kier alpha value is -3.73. The number of primary amides is 1. The Labute approximate surface area is 231 Å². The first-order chi connectivity index (χ1) is 18.8. The average molecular weight is 548 g/mol. The molecule has 10 nitrogen and oxygen atoms in total. The molecule has 0 heterocycles. The van der Waals surface area contributed by atoms with Crippen LogP contribution in [0.5, 0.6) is 5.75 Å². The van der Waals surface area contributed by atoms with Gasteiger partial charge in [0.05, 0.1) is 17.5 Å². The number of rotatable bonds is 5. The summed E-state index contributed by atoms with van der Waals surface area (Å²) in [7, 11) is 7.04. The summed E-state index contributed by atoms with van der Waals surface area (Å²) in [5, 5.41) is 22.5. The first-order valence-electron chi connectivity index (χ1n) is 13.2. The fourth-order valence-electron chi connectivity index (χ4n) is 7.08. The number of amides is 1. The molecule has 0 aliphatic heterocycles. The van der Waals surface area contributed by atoms with E-state index in [1.165, 1.54) is 11.0 Å². The number of Topliss-reactive ketones (excluding diaryl/α,β-unsaturated/α-hetero) is 4. The van der Waals surface area contributed by atoms with Gasteiger partial charge in [0.2, 0.25) is 5.91 Å². The number of ketones is 4. The van der Waals surface area contributed by atoms with Gasteiger partial charge in [0.1, 0.15) is 5.75 Å². The van der Waals surface area contributed by atoms with Crippen molar-refractivity contribution >= 4 is 29.0 Å². The van der Waals surface area contributed by atoms with E-state index < -0.39 is 64.4 Å². The molecule has 2 aromatic carbocycles. The molecule has 2 saturated carbocycles. The molecule has 3 aliphatic rings. The van der Waals surface area contributed by atoms with Gasteiger partial charge >= 0.3 is 0 Å². The van der Waals surface area contributed by atoms with Crippen molar-refractivity contribution in [2.24, 2.45) is 29.4 Å². The van der Waals surface area contributed by atoms with Gasteiger partial charge < -0.3 is 20.8 Å². The summed E-state index contributed by atoms with van der Waals surface area (Å²) in [4.78, 5) is 70.1. The number of aromatic hydroxyl groups is 1. The van der Waals surface area contributed by atoms with Gasteiger partial charge in [0.25, 0.3) is 0 Å². The van der Waals surface area contributed by atoms with E-state index in [2.05, 4.69) is 0 Å². The lowest BCUT2D eigenvalue weighted by atomic mass is 9.52. The largest absolute Gasteiger partial charge is 0.507 e. The highest BCUT2D eigenvalue weighted by Crippen LogP contribution is 2.51. The third kappa shape index (κ3) is 4.01. The second-order valence-electron chi connectivity index (χ2n) is 11.7. The van der Waals surface area contributed by atoms with Crippen molar-refractivity contribution in [3.63, 3.8) is 0 Å². The molecule has 0 radical (unpaired) electrons. The van der Waals surface area contributed by atoms with Gasteiger partial charge in [0, 0.05) is 12.5 Å². The molecule has 0 saturated heterocycles. The molecule has 2 fully saturated rings. The number of carbonyl (C=O) groups excluding carboxylic acids is 5. The van der Waals surface area contributed by atoms with Crippen molar-refractivity contribution in [1.29, 1.82) is 0 Å². The van der Waals surface area contributed by atoms with Gasteiger partial charge in [-0.3, -0.25) is 28.9 Å². The molecule has 0 spiro atoms. The molecule has 0 aromatic heterocycles. The number of carbonyl (C=O) groups is 5. The van der Waals surface area contributed by atoms with Crippen LogP contribution in [0.3, 0.4) is 0 Å². The normalized spacial score (nSPS) is 29.8.